The molecular weight excluding hydrogens is 248 g/mol. The number of carbonyl (C=O) groups is 1. The number of amides is 1. The topological polar surface area (TPSA) is 91.7 Å². The molecule has 102 valence electrons. The lowest BCUT2D eigenvalue weighted by molar-refractivity contribution is 0.0704. The molecule has 0 aliphatic rings. The van der Waals surface area contributed by atoms with E-state index in [-0.39, 0.29) is 25.5 Å². The highest BCUT2D eigenvalue weighted by atomic mass is 19.3. The van der Waals surface area contributed by atoms with Crippen LogP contribution in [0.2, 0.25) is 0 Å². The third-order valence-electron chi connectivity index (χ3n) is 2.21. The van der Waals surface area contributed by atoms with Gasteiger partial charge in [-0.15, -0.1) is 0 Å². The molecule has 0 unspecified atom stereocenters. The second kappa shape index (κ2) is 7.04. The monoisotopic (exact) mass is 263 g/mol. The molecule has 1 amide bonds. The molecule has 6 nitrogen and oxygen atoms in total. The first-order chi connectivity index (χ1) is 8.56. The predicted molar refractivity (Wildman–Crippen MR) is 58.7 cm³/mol. The standard InChI is InChI=1S/C10H15F2N3O3/c11-9(12)6-15(3-4-16)5-7-1-2-8(18-7)10(17)14-13/h1-2,9,16H,3-6,13H2,(H,14,17). The van der Waals surface area contributed by atoms with E-state index in [4.69, 9.17) is 15.4 Å². The molecule has 0 fully saturated rings. The highest BCUT2D eigenvalue weighted by Gasteiger charge is 2.15. The first kappa shape index (κ1) is 14.6. The van der Waals surface area contributed by atoms with E-state index in [2.05, 4.69) is 0 Å². The SMILES string of the molecule is NNC(=O)c1ccc(CN(CCO)CC(F)F)o1. The summed E-state index contributed by atoms with van der Waals surface area (Å²) >= 11 is 0. The Morgan fingerprint density at radius 2 is 2.28 bits per heavy atom. The summed E-state index contributed by atoms with van der Waals surface area (Å²) < 4.78 is 29.7. The van der Waals surface area contributed by atoms with E-state index in [0.717, 1.165) is 0 Å². The van der Waals surface area contributed by atoms with Crippen molar-refractivity contribution in [3.8, 4) is 0 Å². The Balaban J connectivity index is 2.63. The summed E-state index contributed by atoms with van der Waals surface area (Å²) in [4.78, 5) is 12.4. The molecule has 0 aliphatic heterocycles. The van der Waals surface area contributed by atoms with Crippen LogP contribution in [0.15, 0.2) is 16.5 Å². The third-order valence-corrected chi connectivity index (χ3v) is 2.21. The first-order valence-corrected chi connectivity index (χ1v) is 5.27. The molecule has 0 saturated heterocycles. The van der Waals surface area contributed by atoms with Crippen molar-refractivity contribution < 1.29 is 23.1 Å². The number of rotatable bonds is 7. The zero-order chi connectivity index (χ0) is 13.5. The van der Waals surface area contributed by atoms with Crippen LogP contribution < -0.4 is 11.3 Å². The molecule has 1 rings (SSSR count). The van der Waals surface area contributed by atoms with E-state index < -0.39 is 18.9 Å². The van der Waals surface area contributed by atoms with Crippen LogP contribution in [0.5, 0.6) is 0 Å². The number of furan rings is 1. The van der Waals surface area contributed by atoms with Crippen LogP contribution in [-0.4, -0.2) is 42.0 Å². The van der Waals surface area contributed by atoms with E-state index in [1.165, 1.54) is 17.0 Å². The van der Waals surface area contributed by atoms with Crippen LogP contribution in [0.1, 0.15) is 16.3 Å². The summed E-state index contributed by atoms with van der Waals surface area (Å²) in [6.45, 7) is -0.518. The Kier molecular flexibility index (Phi) is 5.69. The fourth-order valence-corrected chi connectivity index (χ4v) is 1.45. The molecule has 1 aromatic rings. The lowest BCUT2D eigenvalue weighted by Crippen LogP contribution is -2.31. The minimum atomic E-state index is -2.50. The second-order valence-electron chi connectivity index (χ2n) is 3.59. The van der Waals surface area contributed by atoms with Gasteiger partial charge in [-0.3, -0.25) is 15.1 Å². The van der Waals surface area contributed by atoms with Gasteiger partial charge in [0.1, 0.15) is 5.76 Å². The molecule has 0 saturated carbocycles. The fourth-order valence-electron chi connectivity index (χ4n) is 1.45. The van der Waals surface area contributed by atoms with Gasteiger partial charge < -0.3 is 9.52 Å². The van der Waals surface area contributed by atoms with Gasteiger partial charge in [0.15, 0.2) is 5.76 Å². The molecule has 1 aromatic heterocycles. The third kappa shape index (κ3) is 4.40. The van der Waals surface area contributed by atoms with Crippen LogP contribution in [-0.2, 0) is 6.54 Å². The Morgan fingerprint density at radius 3 is 2.83 bits per heavy atom. The van der Waals surface area contributed by atoms with Crippen LogP contribution >= 0.6 is 0 Å². The van der Waals surface area contributed by atoms with Gasteiger partial charge in [0.2, 0.25) is 0 Å². The van der Waals surface area contributed by atoms with Gasteiger partial charge in [-0.05, 0) is 12.1 Å². The Labute approximate surface area is 102 Å². The molecule has 0 atom stereocenters. The minimum absolute atomic E-state index is 0.00787. The van der Waals surface area contributed by atoms with E-state index in [1.54, 1.807) is 0 Å². The van der Waals surface area contributed by atoms with Gasteiger partial charge >= 0.3 is 5.91 Å². The molecular formula is C10H15F2N3O3. The maximum absolute atomic E-state index is 12.3. The molecule has 8 heteroatoms. The second-order valence-corrected chi connectivity index (χ2v) is 3.59. The molecule has 0 radical (unpaired) electrons. The van der Waals surface area contributed by atoms with Crippen molar-refractivity contribution in [2.45, 2.75) is 13.0 Å². The van der Waals surface area contributed by atoms with Gasteiger partial charge in [-0.1, -0.05) is 0 Å². The Morgan fingerprint density at radius 1 is 1.56 bits per heavy atom. The highest BCUT2D eigenvalue weighted by molar-refractivity contribution is 5.90. The summed E-state index contributed by atoms with van der Waals surface area (Å²) in [5, 5.41) is 8.76. The number of hydrogen-bond donors (Lipinski definition) is 3. The van der Waals surface area contributed by atoms with Crippen molar-refractivity contribution in [3.63, 3.8) is 0 Å². The molecule has 0 spiro atoms. The number of nitrogen functional groups attached to an aromatic ring is 1. The summed E-state index contributed by atoms with van der Waals surface area (Å²) in [6.07, 6.45) is -2.50. The van der Waals surface area contributed by atoms with Crippen molar-refractivity contribution in [1.82, 2.24) is 10.3 Å². The van der Waals surface area contributed by atoms with Crippen molar-refractivity contribution in [3.05, 3.63) is 23.7 Å². The predicted octanol–water partition coefficient (Wildman–Crippen LogP) is -0.0575. The normalized spacial score (nSPS) is 11.2. The van der Waals surface area contributed by atoms with Crippen LogP contribution in [0, 0.1) is 0 Å². The van der Waals surface area contributed by atoms with Crippen molar-refractivity contribution in [1.29, 1.82) is 0 Å². The van der Waals surface area contributed by atoms with Crippen LogP contribution in [0.4, 0.5) is 8.78 Å². The van der Waals surface area contributed by atoms with Gasteiger partial charge in [-0.2, -0.15) is 0 Å². The fraction of sp³-hybridized carbons (Fsp3) is 0.500. The Hall–Kier alpha value is -1.51. The van der Waals surface area contributed by atoms with Crippen molar-refractivity contribution in [2.75, 3.05) is 19.7 Å². The maximum atomic E-state index is 12.3. The zero-order valence-electron chi connectivity index (χ0n) is 9.60. The molecule has 1 heterocycles. The van der Waals surface area contributed by atoms with E-state index in [1.807, 2.05) is 5.43 Å². The molecule has 0 aromatic carbocycles. The van der Waals surface area contributed by atoms with Gasteiger partial charge in [0.25, 0.3) is 6.43 Å². The summed E-state index contributed by atoms with van der Waals surface area (Å²) in [6, 6.07) is 2.90. The van der Waals surface area contributed by atoms with E-state index in [9.17, 15) is 13.6 Å². The maximum Gasteiger partial charge on any atom is 0.300 e. The smallest absolute Gasteiger partial charge is 0.300 e. The summed E-state index contributed by atoms with van der Waals surface area (Å²) in [5.41, 5.74) is 1.90. The number of halogens is 2. The van der Waals surface area contributed by atoms with E-state index in [0.29, 0.717) is 5.76 Å². The van der Waals surface area contributed by atoms with Crippen LogP contribution in [0.25, 0.3) is 0 Å². The number of hydrazine groups is 1. The number of alkyl halides is 2. The number of hydrogen-bond acceptors (Lipinski definition) is 5. The molecule has 0 aliphatic carbocycles. The van der Waals surface area contributed by atoms with Gasteiger partial charge in [0, 0.05) is 6.54 Å². The molecule has 0 bridgehead atoms. The lowest BCUT2D eigenvalue weighted by Gasteiger charge is -2.19. The number of nitrogens with two attached hydrogens (primary N) is 1. The highest BCUT2D eigenvalue weighted by Crippen LogP contribution is 2.11. The minimum Gasteiger partial charge on any atom is -0.455 e. The lowest BCUT2D eigenvalue weighted by atomic mass is 10.3. The average Bonchev–Trinajstić information content (AvgIpc) is 2.76. The summed E-state index contributed by atoms with van der Waals surface area (Å²) in [5.74, 6) is 4.69. The van der Waals surface area contributed by atoms with Crippen LogP contribution in [0.3, 0.4) is 0 Å². The average molecular weight is 263 g/mol. The quantitative estimate of drug-likeness (QED) is 0.364. The Bertz CT molecular complexity index is 384. The first-order valence-electron chi connectivity index (χ1n) is 5.27. The number of nitrogens with one attached hydrogen (secondary N) is 1. The van der Waals surface area contributed by atoms with E-state index >= 15 is 0 Å². The number of carbonyl (C=O) groups excluding carboxylic acids is 1. The van der Waals surface area contributed by atoms with Crippen molar-refractivity contribution in [2.24, 2.45) is 5.84 Å². The molecule has 4 N–H and O–H groups in total. The largest absolute Gasteiger partial charge is 0.455 e. The number of aliphatic hydroxyl groups is 1. The van der Waals surface area contributed by atoms with Gasteiger partial charge in [0.05, 0.1) is 19.7 Å². The number of aliphatic hydroxyl groups excluding tert-OH is 1. The number of nitrogens with zero attached hydrogens (tertiary/aromatic N) is 1. The molecule has 18 heavy (non-hydrogen) atoms. The summed E-state index contributed by atoms with van der Waals surface area (Å²) in [7, 11) is 0. The van der Waals surface area contributed by atoms with Crippen molar-refractivity contribution >= 4 is 5.91 Å². The zero-order valence-corrected chi connectivity index (χ0v) is 9.60. The van der Waals surface area contributed by atoms with Gasteiger partial charge in [-0.25, -0.2) is 14.6 Å².